The second-order valence-electron chi connectivity index (χ2n) is 6.47. The summed E-state index contributed by atoms with van der Waals surface area (Å²) >= 11 is 0. The van der Waals surface area contributed by atoms with E-state index in [1.165, 1.54) is 6.08 Å². The summed E-state index contributed by atoms with van der Waals surface area (Å²) in [4.78, 5) is 18.4. The van der Waals surface area contributed by atoms with Crippen molar-refractivity contribution in [3.05, 3.63) is 65.6 Å². The van der Waals surface area contributed by atoms with Crippen LogP contribution >= 0.6 is 0 Å². The van der Waals surface area contributed by atoms with E-state index in [1.807, 2.05) is 49.3 Å². The van der Waals surface area contributed by atoms with Crippen LogP contribution in [0.4, 0.5) is 5.69 Å². The Morgan fingerprint density at radius 1 is 1.17 bits per heavy atom. The summed E-state index contributed by atoms with van der Waals surface area (Å²) in [5, 5.41) is 13.2. The van der Waals surface area contributed by atoms with E-state index in [-0.39, 0.29) is 18.1 Å². The fraction of sp³-hybridized carbons (Fsp3) is 0.182. The third kappa shape index (κ3) is 5.02. The van der Waals surface area contributed by atoms with Gasteiger partial charge in [-0.15, -0.1) is 0 Å². The Hall–Kier alpha value is -4.12. The van der Waals surface area contributed by atoms with Crippen molar-refractivity contribution >= 4 is 17.7 Å². The first-order valence-corrected chi connectivity index (χ1v) is 9.03. The molecule has 0 aliphatic heterocycles. The zero-order chi connectivity index (χ0) is 21.5. The Balaban J connectivity index is 1.63. The van der Waals surface area contributed by atoms with Gasteiger partial charge < -0.3 is 18.9 Å². The van der Waals surface area contributed by atoms with E-state index in [1.54, 1.807) is 31.4 Å². The maximum absolute atomic E-state index is 12.2. The number of rotatable bonds is 7. The van der Waals surface area contributed by atoms with Crippen molar-refractivity contribution in [1.82, 2.24) is 10.1 Å². The summed E-state index contributed by atoms with van der Waals surface area (Å²) in [6, 6.07) is 16.4. The van der Waals surface area contributed by atoms with E-state index >= 15 is 0 Å². The average molecular weight is 404 g/mol. The molecule has 0 spiro atoms. The molecule has 0 aliphatic carbocycles. The van der Waals surface area contributed by atoms with Crippen molar-refractivity contribution in [2.75, 3.05) is 26.1 Å². The Morgan fingerprint density at radius 3 is 2.47 bits per heavy atom. The summed E-state index contributed by atoms with van der Waals surface area (Å²) in [6.07, 6.45) is 1.47. The van der Waals surface area contributed by atoms with Gasteiger partial charge in [0.05, 0.1) is 7.11 Å². The number of aromatic nitrogens is 2. The van der Waals surface area contributed by atoms with Gasteiger partial charge in [0.2, 0.25) is 5.82 Å². The predicted molar refractivity (Wildman–Crippen MR) is 110 cm³/mol. The molecule has 0 aliphatic rings. The number of ether oxygens (including phenoxy) is 2. The monoisotopic (exact) mass is 404 g/mol. The quantitative estimate of drug-likeness (QED) is 0.335. The SMILES string of the molecule is COc1ccc(-c2noc(COC(=O)/C(C#N)=C/c3ccc(N(C)C)cc3)n2)cc1. The Bertz CT molecular complexity index is 1080. The molecule has 1 aromatic heterocycles. The zero-order valence-corrected chi connectivity index (χ0v) is 16.8. The molecule has 3 aromatic rings. The van der Waals surface area contributed by atoms with Gasteiger partial charge in [-0.2, -0.15) is 10.2 Å². The van der Waals surface area contributed by atoms with E-state index in [0.717, 1.165) is 11.3 Å². The summed E-state index contributed by atoms with van der Waals surface area (Å²) < 4.78 is 15.4. The first-order valence-electron chi connectivity index (χ1n) is 9.03. The molecule has 8 nitrogen and oxygen atoms in total. The van der Waals surface area contributed by atoms with Crippen LogP contribution in [-0.2, 0) is 16.1 Å². The van der Waals surface area contributed by atoms with Gasteiger partial charge in [0.15, 0.2) is 6.61 Å². The largest absolute Gasteiger partial charge is 0.497 e. The second-order valence-corrected chi connectivity index (χ2v) is 6.47. The normalized spacial score (nSPS) is 10.9. The van der Waals surface area contributed by atoms with Gasteiger partial charge in [0, 0.05) is 25.3 Å². The Morgan fingerprint density at radius 2 is 1.87 bits per heavy atom. The molecule has 8 heteroatoms. The maximum Gasteiger partial charge on any atom is 0.349 e. The molecule has 0 saturated carbocycles. The van der Waals surface area contributed by atoms with Gasteiger partial charge in [-0.25, -0.2) is 4.79 Å². The van der Waals surface area contributed by atoms with Crippen molar-refractivity contribution in [2.45, 2.75) is 6.61 Å². The molecule has 1 heterocycles. The van der Waals surface area contributed by atoms with Crippen molar-refractivity contribution in [3.8, 4) is 23.2 Å². The molecule has 2 aromatic carbocycles. The molecule has 0 bridgehead atoms. The minimum Gasteiger partial charge on any atom is -0.497 e. The first kappa shape index (κ1) is 20.6. The molecule has 152 valence electrons. The molecule has 0 fully saturated rings. The van der Waals surface area contributed by atoms with E-state index in [9.17, 15) is 10.1 Å². The van der Waals surface area contributed by atoms with Crippen LogP contribution in [-0.4, -0.2) is 37.3 Å². The molecule has 0 unspecified atom stereocenters. The lowest BCUT2D eigenvalue weighted by molar-refractivity contribution is -0.140. The lowest BCUT2D eigenvalue weighted by atomic mass is 10.1. The smallest absolute Gasteiger partial charge is 0.349 e. The van der Waals surface area contributed by atoms with E-state index in [4.69, 9.17) is 14.0 Å². The van der Waals surface area contributed by atoms with Crippen LogP contribution < -0.4 is 9.64 Å². The highest BCUT2D eigenvalue weighted by molar-refractivity contribution is 5.97. The highest BCUT2D eigenvalue weighted by Crippen LogP contribution is 2.20. The summed E-state index contributed by atoms with van der Waals surface area (Å²) in [6.45, 7) is -0.236. The number of hydrogen-bond donors (Lipinski definition) is 0. The maximum atomic E-state index is 12.2. The molecule has 3 rings (SSSR count). The fourth-order valence-corrected chi connectivity index (χ4v) is 2.55. The number of hydrogen-bond acceptors (Lipinski definition) is 8. The van der Waals surface area contributed by atoms with Crippen LogP contribution in [0, 0.1) is 11.3 Å². The number of anilines is 1. The predicted octanol–water partition coefficient (Wildman–Crippen LogP) is 3.46. The minimum atomic E-state index is -0.765. The average Bonchev–Trinajstić information content (AvgIpc) is 3.25. The topological polar surface area (TPSA) is 101 Å². The third-order valence-corrected chi connectivity index (χ3v) is 4.20. The van der Waals surface area contributed by atoms with Gasteiger partial charge in [0.25, 0.3) is 5.89 Å². The highest BCUT2D eigenvalue weighted by Gasteiger charge is 2.15. The van der Waals surface area contributed by atoms with Crippen molar-refractivity contribution in [1.29, 1.82) is 5.26 Å². The van der Waals surface area contributed by atoms with E-state index in [0.29, 0.717) is 17.1 Å². The Kier molecular flexibility index (Phi) is 6.45. The van der Waals surface area contributed by atoms with Gasteiger partial charge >= 0.3 is 5.97 Å². The number of carbonyl (C=O) groups is 1. The second kappa shape index (κ2) is 9.39. The van der Waals surface area contributed by atoms with Crippen LogP contribution in [0.3, 0.4) is 0 Å². The van der Waals surface area contributed by atoms with Gasteiger partial charge in [-0.1, -0.05) is 17.3 Å². The number of nitriles is 1. The lowest BCUT2D eigenvalue weighted by Crippen LogP contribution is -2.08. The molecule has 0 atom stereocenters. The number of carbonyl (C=O) groups excluding carboxylic acids is 1. The third-order valence-electron chi connectivity index (χ3n) is 4.20. The molecule has 0 amide bonds. The van der Waals surface area contributed by atoms with E-state index in [2.05, 4.69) is 10.1 Å². The molecular formula is C22H20N4O4. The van der Waals surface area contributed by atoms with E-state index < -0.39 is 5.97 Å². The van der Waals surface area contributed by atoms with Gasteiger partial charge in [-0.05, 0) is 48.0 Å². The summed E-state index contributed by atoms with van der Waals surface area (Å²) in [7, 11) is 5.44. The van der Waals surface area contributed by atoms with Crippen molar-refractivity contribution in [3.63, 3.8) is 0 Å². The summed E-state index contributed by atoms with van der Waals surface area (Å²) in [5.74, 6) is 0.435. The van der Waals surface area contributed by atoms with Gasteiger partial charge in [-0.3, -0.25) is 0 Å². The minimum absolute atomic E-state index is 0.123. The molecule has 0 saturated heterocycles. The molecule has 0 radical (unpaired) electrons. The molecule has 30 heavy (non-hydrogen) atoms. The Labute approximate surface area is 174 Å². The molecule has 0 N–H and O–H groups in total. The van der Waals surface area contributed by atoms with Crippen molar-refractivity contribution < 1.29 is 18.8 Å². The van der Waals surface area contributed by atoms with Crippen LogP contribution in [0.5, 0.6) is 5.75 Å². The summed E-state index contributed by atoms with van der Waals surface area (Å²) in [5.41, 5.74) is 2.34. The van der Waals surface area contributed by atoms with Crippen LogP contribution in [0.2, 0.25) is 0 Å². The zero-order valence-electron chi connectivity index (χ0n) is 16.8. The fourth-order valence-electron chi connectivity index (χ4n) is 2.55. The highest BCUT2D eigenvalue weighted by atomic mass is 16.6. The van der Waals surface area contributed by atoms with Crippen LogP contribution in [0.15, 0.2) is 58.6 Å². The number of methoxy groups -OCH3 is 1. The van der Waals surface area contributed by atoms with Crippen molar-refractivity contribution in [2.24, 2.45) is 0 Å². The van der Waals surface area contributed by atoms with Crippen LogP contribution in [0.1, 0.15) is 11.5 Å². The lowest BCUT2D eigenvalue weighted by Gasteiger charge is -2.11. The number of esters is 1. The first-order chi connectivity index (χ1) is 14.5. The standard InChI is InChI=1S/C22H20N4O4/c1-26(2)18-8-4-15(5-9-18)12-17(13-23)22(27)29-14-20-24-21(25-30-20)16-6-10-19(28-3)11-7-16/h4-12H,14H2,1-3H3/b17-12+. The number of nitrogens with zero attached hydrogens (tertiary/aromatic N) is 4. The molecular weight excluding hydrogens is 384 g/mol. The van der Waals surface area contributed by atoms with Gasteiger partial charge in [0.1, 0.15) is 17.4 Å². The van der Waals surface area contributed by atoms with Crippen LogP contribution in [0.25, 0.3) is 17.5 Å². The number of benzene rings is 2.